The Bertz CT molecular complexity index is 452. The summed E-state index contributed by atoms with van der Waals surface area (Å²) in [6.07, 6.45) is 3.44. The van der Waals surface area contributed by atoms with Crippen molar-refractivity contribution in [2.75, 3.05) is 26.4 Å². The van der Waals surface area contributed by atoms with Crippen molar-refractivity contribution in [3.63, 3.8) is 0 Å². The van der Waals surface area contributed by atoms with Crippen LogP contribution in [0.4, 0.5) is 0 Å². The highest BCUT2D eigenvalue weighted by molar-refractivity contribution is 6.29. The molecule has 0 aliphatic carbocycles. The largest absolute Gasteiger partial charge is 0.285 e. The molecule has 0 atom stereocenters. The van der Waals surface area contributed by atoms with Crippen molar-refractivity contribution < 1.29 is 0 Å². The number of hydrogen-bond donors (Lipinski definition) is 0. The van der Waals surface area contributed by atoms with Gasteiger partial charge in [0.05, 0.1) is 6.67 Å². The minimum absolute atomic E-state index is 0.475. The molecule has 0 saturated carbocycles. The Kier molecular flexibility index (Phi) is 4.59. The molecule has 2 rings (SSSR count). The number of hydrogen-bond acceptors (Lipinski definition) is 6. The highest BCUT2D eigenvalue weighted by Gasteiger charge is 2.19. The van der Waals surface area contributed by atoms with E-state index in [1.807, 2.05) is 6.07 Å². The van der Waals surface area contributed by atoms with E-state index in [-0.39, 0.29) is 0 Å². The molecule has 0 unspecified atom stereocenters. The molecule has 2 heterocycles. The molecule has 1 aromatic rings. The van der Waals surface area contributed by atoms with Gasteiger partial charge >= 0.3 is 0 Å². The van der Waals surface area contributed by atoms with E-state index in [2.05, 4.69) is 25.0 Å². The molecule has 6 nitrogen and oxygen atoms in total. The molecule has 0 aromatic carbocycles. The maximum absolute atomic E-state index is 8.25. The Hall–Kier alpha value is -1.55. The first-order valence-corrected chi connectivity index (χ1v) is 5.96. The molecular weight excluding hydrogens is 252 g/mol. The van der Waals surface area contributed by atoms with Gasteiger partial charge in [-0.3, -0.25) is 9.80 Å². The van der Waals surface area contributed by atoms with Crippen LogP contribution in [0, 0.1) is 11.5 Å². The normalized spacial score (nSPS) is 17.3. The number of nitriles is 1. The van der Waals surface area contributed by atoms with E-state index in [1.165, 1.54) is 0 Å². The molecule has 94 valence electrons. The molecule has 18 heavy (non-hydrogen) atoms. The molecule has 0 radical (unpaired) electrons. The molecule has 1 fully saturated rings. The van der Waals surface area contributed by atoms with E-state index < -0.39 is 0 Å². The van der Waals surface area contributed by atoms with Gasteiger partial charge in [0.2, 0.25) is 6.19 Å². The number of halogens is 1. The van der Waals surface area contributed by atoms with E-state index in [4.69, 9.17) is 16.9 Å². The quantitative estimate of drug-likeness (QED) is 0.472. The van der Waals surface area contributed by atoms with Crippen molar-refractivity contribution in [3.8, 4) is 6.19 Å². The average Bonchev–Trinajstić information content (AvgIpc) is 2.80. The van der Waals surface area contributed by atoms with Crippen LogP contribution in [0.2, 0.25) is 5.15 Å². The summed E-state index contributed by atoms with van der Waals surface area (Å²) in [4.78, 5) is 8.47. The molecule has 0 bridgehead atoms. The van der Waals surface area contributed by atoms with Gasteiger partial charge in [0.1, 0.15) is 11.8 Å². The van der Waals surface area contributed by atoms with Gasteiger partial charge in [0, 0.05) is 25.8 Å². The first-order valence-electron chi connectivity index (χ1n) is 5.58. The van der Waals surface area contributed by atoms with E-state index in [0.717, 1.165) is 31.9 Å². The summed E-state index contributed by atoms with van der Waals surface area (Å²) in [7, 11) is 0. The lowest BCUT2D eigenvalue weighted by Crippen LogP contribution is -2.25. The van der Waals surface area contributed by atoms with E-state index >= 15 is 0 Å². The minimum atomic E-state index is 0.475. The monoisotopic (exact) mass is 264 g/mol. The van der Waals surface area contributed by atoms with Crippen molar-refractivity contribution in [3.05, 3.63) is 29.0 Å². The van der Waals surface area contributed by atoms with Crippen LogP contribution in [0.1, 0.15) is 5.56 Å². The summed E-state index contributed by atoms with van der Waals surface area (Å²) in [5, 5.41) is 15.8. The standard InChI is InChI=1S/C11H13ClN6/c12-11-2-1-10(5-14-11)6-17-3-4-18(9-17)8-16-15-7-13/h1-2,5H,3-4,6,8-9H2. The van der Waals surface area contributed by atoms with Crippen LogP contribution >= 0.6 is 11.6 Å². The highest BCUT2D eigenvalue weighted by Crippen LogP contribution is 2.11. The maximum Gasteiger partial charge on any atom is 0.225 e. The molecule has 0 N–H and O–H groups in total. The van der Waals surface area contributed by atoms with Crippen molar-refractivity contribution in [2.45, 2.75) is 6.54 Å². The zero-order chi connectivity index (χ0) is 12.8. The van der Waals surface area contributed by atoms with Gasteiger partial charge in [-0.1, -0.05) is 22.8 Å². The van der Waals surface area contributed by atoms with Crippen molar-refractivity contribution in [2.24, 2.45) is 10.2 Å². The van der Waals surface area contributed by atoms with E-state index in [1.54, 1.807) is 18.5 Å². The molecule has 1 saturated heterocycles. The van der Waals surface area contributed by atoms with Gasteiger partial charge in [0.15, 0.2) is 0 Å². The molecule has 1 aliphatic rings. The molecule has 0 amide bonds. The Morgan fingerprint density at radius 3 is 2.94 bits per heavy atom. The first-order chi connectivity index (χ1) is 8.78. The summed E-state index contributed by atoms with van der Waals surface area (Å²) >= 11 is 5.74. The Morgan fingerprint density at radius 1 is 1.39 bits per heavy atom. The molecule has 7 heteroatoms. The zero-order valence-corrected chi connectivity index (χ0v) is 10.6. The summed E-state index contributed by atoms with van der Waals surface area (Å²) in [5.41, 5.74) is 1.14. The fourth-order valence-corrected chi connectivity index (χ4v) is 1.97. The van der Waals surface area contributed by atoms with Crippen molar-refractivity contribution >= 4 is 11.6 Å². The maximum atomic E-state index is 8.25. The Morgan fingerprint density at radius 2 is 2.22 bits per heavy atom. The predicted octanol–water partition coefficient (Wildman–Crippen LogP) is 1.70. The van der Waals surface area contributed by atoms with Crippen LogP contribution in [-0.2, 0) is 6.54 Å². The summed E-state index contributed by atoms with van der Waals surface area (Å²) in [5.74, 6) is 0. The summed E-state index contributed by atoms with van der Waals surface area (Å²) < 4.78 is 0. The molecule has 0 spiro atoms. The number of nitrogens with zero attached hydrogens (tertiary/aromatic N) is 6. The molecule has 1 aliphatic heterocycles. The second-order valence-corrected chi connectivity index (χ2v) is 4.45. The SMILES string of the molecule is N#CN=NCN1CCN(Cc2ccc(Cl)nc2)C1. The molecular formula is C11H13ClN6. The smallest absolute Gasteiger partial charge is 0.225 e. The number of azo groups is 1. The predicted molar refractivity (Wildman–Crippen MR) is 66.6 cm³/mol. The highest BCUT2D eigenvalue weighted by atomic mass is 35.5. The van der Waals surface area contributed by atoms with Crippen LogP contribution in [0.15, 0.2) is 28.6 Å². The number of aromatic nitrogens is 1. The lowest BCUT2D eigenvalue weighted by atomic mass is 10.3. The molecule has 1 aromatic heterocycles. The third-order valence-corrected chi connectivity index (χ3v) is 2.93. The van der Waals surface area contributed by atoms with Gasteiger partial charge in [-0.2, -0.15) is 10.4 Å². The Labute approximate surface area is 110 Å². The van der Waals surface area contributed by atoms with Crippen LogP contribution in [0.5, 0.6) is 0 Å². The number of rotatable bonds is 4. The van der Waals surface area contributed by atoms with Gasteiger partial charge in [-0.05, 0) is 11.6 Å². The van der Waals surface area contributed by atoms with Crippen LogP contribution < -0.4 is 0 Å². The van der Waals surface area contributed by atoms with Gasteiger partial charge < -0.3 is 0 Å². The van der Waals surface area contributed by atoms with Crippen LogP contribution in [0.3, 0.4) is 0 Å². The summed E-state index contributed by atoms with van der Waals surface area (Å²) in [6.45, 7) is 4.06. The zero-order valence-electron chi connectivity index (χ0n) is 9.83. The van der Waals surface area contributed by atoms with Crippen LogP contribution in [-0.4, -0.2) is 41.2 Å². The summed E-state index contributed by atoms with van der Waals surface area (Å²) in [6, 6.07) is 3.78. The van der Waals surface area contributed by atoms with Crippen molar-refractivity contribution in [1.29, 1.82) is 5.26 Å². The van der Waals surface area contributed by atoms with Gasteiger partial charge in [0.25, 0.3) is 0 Å². The first kappa shape index (κ1) is 12.9. The minimum Gasteiger partial charge on any atom is -0.285 e. The van der Waals surface area contributed by atoms with E-state index in [0.29, 0.717) is 11.8 Å². The van der Waals surface area contributed by atoms with Crippen LogP contribution in [0.25, 0.3) is 0 Å². The Balaban J connectivity index is 1.81. The lowest BCUT2D eigenvalue weighted by Gasteiger charge is -2.16. The lowest BCUT2D eigenvalue weighted by molar-refractivity contribution is 0.242. The van der Waals surface area contributed by atoms with Crippen molar-refractivity contribution in [1.82, 2.24) is 14.8 Å². The van der Waals surface area contributed by atoms with E-state index in [9.17, 15) is 0 Å². The third-order valence-electron chi connectivity index (χ3n) is 2.71. The fourth-order valence-electron chi connectivity index (χ4n) is 1.86. The fraction of sp³-hybridized carbons (Fsp3) is 0.455. The number of pyridine rings is 1. The second-order valence-electron chi connectivity index (χ2n) is 4.06. The second kappa shape index (κ2) is 6.40. The average molecular weight is 265 g/mol. The third kappa shape index (κ3) is 3.74. The van der Waals surface area contributed by atoms with Gasteiger partial charge in [-0.15, -0.1) is 0 Å². The topological polar surface area (TPSA) is 67.9 Å². The van der Waals surface area contributed by atoms with Gasteiger partial charge in [-0.25, -0.2) is 4.98 Å².